The first kappa shape index (κ1) is 12.8. The van der Waals surface area contributed by atoms with Crippen LogP contribution in [0.4, 0.5) is 0 Å². The molecule has 2 nitrogen and oxygen atoms in total. The molecule has 0 amide bonds. The Kier molecular flexibility index (Phi) is 4.57. The van der Waals surface area contributed by atoms with E-state index in [2.05, 4.69) is 28.6 Å². The second-order valence-electron chi connectivity index (χ2n) is 3.87. The second-order valence-corrected chi connectivity index (χ2v) is 4.79. The summed E-state index contributed by atoms with van der Waals surface area (Å²) in [5, 5.41) is 9.01. The average Bonchev–Trinajstić information content (AvgIpc) is 2.26. The fraction of sp³-hybridized carbons (Fsp3) is 0.308. The van der Waals surface area contributed by atoms with E-state index in [9.17, 15) is 0 Å². The molecule has 0 aliphatic heterocycles. The highest BCUT2D eigenvalue weighted by Gasteiger charge is 2.04. The van der Waals surface area contributed by atoms with Crippen LogP contribution in [0.1, 0.15) is 17.5 Å². The normalized spacial score (nSPS) is 9.62. The van der Waals surface area contributed by atoms with Gasteiger partial charge in [-0.05, 0) is 30.5 Å². The molecule has 1 rings (SSSR count). The lowest BCUT2D eigenvalue weighted by Crippen LogP contribution is -2.10. The van der Waals surface area contributed by atoms with Gasteiger partial charge in [0.25, 0.3) is 0 Å². The third-order valence-electron chi connectivity index (χ3n) is 2.51. The van der Waals surface area contributed by atoms with E-state index in [4.69, 9.17) is 5.26 Å². The molecule has 1 aromatic carbocycles. The first-order chi connectivity index (χ1) is 7.54. The summed E-state index contributed by atoms with van der Waals surface area (Å²) in [5.41, 5.74) is 2.89. The van der Waals surface area contributed by atoms with Crippen LogP contribution in [-0.2, 0) is 6.42 Å². The summed E-state index contributed by atoms with van der Waals surface area (Å²) in [5.74, 6) is 0. The molecule has 0 unspecified atom stereocenters. The van der Waals surface area contributed by atoms with E-state index in [1.54, 1.807) is 0 Å². The van der Waals surface area contributed by atoms with E-state index in [1.165, 1.54) is 0 Å². The Labute approximate surface area is 105 Å². The van der Waals surface area contributed by atoms with Gasteiger partial charge in [0.05, 0.1) is 11.6 Å². The molecule has 16 heavy (non-hydrogen) atoms. The van der Waals surface area contributed by atoms with Gasteiger partial charge in [-0.15, -0.1) is 0 Å². The van der Waals surface area contributed by atoms with Crippen molar-refractivity contribution < 1.29 is 0 Å². The summed E-state index contributed by atoms with van der Waals surface area (Å²) in [6, 6.07) is 8.03. The average molecular weight is 279 g/mol. The highest BCUT2D eigenvalue weighted by atomic mass is 79.9. The van der Waals surface area contributed by atoms with Crippen molar-refractivity contribution in [3.63, 3.8) is 0 Å². The van der Waals surface area contributed by atoms with Crippen molar-refractivity contribution >= 4 is 15.9 Å². The van der Waals surface area contributed by atoms with Gasteiger partial charge in [-0.2, -0.15) is 5.26 Å². The smallest absolute Gasteiger partial charge is 0.0994 e. The van der Waals surface area contributed by atoms with Crippen molar-refractivity contribution in [1.82, 2.24) is 4.90 Å². The summed E-state index contributed by atoms with van der Waals surface area (Å²) >= 11 is 3.36. The molecule has 0 heterocycles. The van der Waals surface area contributed by atoms with Crippen LogP contribution >= 0.6 is 15.9 Å². The van der Waals surface area contributed by atoms with Crippen LogP contribution in [0.3, 0.4) is 0 Å². The van der Waals surface area contributed by atoms with Gasteiger partial charge in [0.2, 0.25) is 0 Å². The van der Waals surface area contributed by atoms with Crippen LogP contribution in [0.15, 0.2) is 34.9 Å². The summed E-state index contributed by atoms with van der Waals surface area (Å²) in [4.78, 5) is 2.00. The molecule has 84 valence electrons. The molecule has 0 aliphatic carbocycles. The Morgan fingerprint density at radius 2 is 2.19 bits per heavy atom. The van der Waals surface area contributed by atoms with Crippen molar-refractivity contribution in [2.75, 3.05) is 14.1 Å². The summed E-state index contributed by atoms with van der Waals surface area (Å²) < 4.78 is 0.944. The van der Waals surface area contributed by atoms with E-state index in [-0.39, 0.29) is 0 Å². The predicted molar refractivity (Wildman–Crippen MR) is 70.0 cm³/mol. The molecule has 0 N–H and O–H groups in total. The van der Waals surface area contributed by atoms with Crippen LogP contribution < -0.4 is 0 Å². The largest absolute Gasteiger partial charge is 0.381 e. The zero-order chi connectivity index (χ0) is 12.1. The number of rotatable bonds is 4. The first-order valence-electron chi connectivity index (χ1n) is 5.08. The molecule has 0 aliphatic rings. The third-order valence-corrected chi connectivity index (χ3v) is 3.00. The van der Waals surface area contributed by atoms with Gasteiger partial charge >= 0.3 is 0 Å². The molecule has 3 heteroatoms. The number of allylic oxidation sites excluding steroid dienone is 1. The molecule has 1 aromatic rings. The van der Waals surface area contributed by atoms with Crippen LogP contribution in [0.2, 0.25) is 0 Å². The van der Waals surface area contributed by atoms with Gasteiger partial charge in [-0.3, -0.25) is 0 Å². The van der Waals surface area contributed by atoms with Crippen LogP contribution in [0.5, 0.6) is 0 Å². The van der Waals surface area contributed by atoms with Crippen LogP contribution in [0.25, 0.3) is 0 Å². The zero-order valence-electron chi connectivity index (χ0n) is 9.63. The Balaban J connectivity index is 2.75. The van der Waals surface area contributed by atoms with Crippen LogP contribution in [-0.4, -0.2) is 19.0 Å². The van der Waals surface area contributed by atoms with Gasteiger partial charge < -0.3 is 4.90 Å². The Bertz CT molecular complexity index is 430. The highest BCUT2D eigenvalue weighted by molar-refractivity contribution is 9.10. The molecule has 0 aromatic heterocycles. The van der Waals surface area contributed by atoms with Crippen LogP contribution in [0, 0.1) is 11.3 Å². The van der Waals surface area contributed by atoms with E-state index in [0.29, 0.717) is 0 Å². The van der Waals surface area contributed by atoms with E-state index in [1.807, 2.05) is 37.2 Å². The molecule has 0 fully saturated rings. The van der Waals surface area contributed by atoms with Crippen molar-refractivity contribution in [3.05, 3.63) is 46.1 Å². The standard InChI is InChI=1S/C13H15BrN2/c1-10(16(2)3)4-5-11-6-7-13(14)8-12(11)9-15/h6-8H,1,4-5H2,2-3H3. The first-order valence-corrected chi connectivity index (χ1v) is 5.87. The summed E-state index contributed by atoms with van der Waals surface area (Å²) in [7, 11) is 3.96. The van der Waals surface area contributed by atoms with Crippen molar-refractivity contribution in [2.45, 2.75) is 12.8 Å². The molecular formula is C13H15BrN2. The molecule has 0 atom stereocenters. The lowest BCUT2D eigenvalue weighted by atomic mass is 10.0. The molecule has 0 saturated heterocycles. The monoisotopic (exact) mass is 278 g/mol. The van der Waals surface area contributed by atoms with Gasteiger partial charge in [-0.1, -0.05) is 28.6 Å². The minimum atomic E-state index is 0.737. The number of benzene rings is 1. The fourth-order valence-electron chi connectivity index (χ4n) is 1.37. The number of hydrogen-bond donors (Lipinski definition) is 0. The van der Waals surface area contributed by atoms with Crippen molar-refractivity contribution in [2.24, 2.45) is 0 Å². The highest BCUT2D eigenvalue weighted by Crippen LogP contribution is 2.18. The minimum absolute atomic E-state index is 0.737. The van der Waals surface area contributed by atoms with Gasteiger partial charge in [0, 0.05) is 24.3 Å². The minimum Gasteiger partial charge on any atom is -0.381 e. The zero-order valence-corrected chi connectivity index (χ0v) is 11.2. The van der Waals surface area contributed by atoms with Gasteiger partial charge in [0.15, 0.2) is 0 Å². The summed E-state index contributed by atoms with van der Waals surface area (Å²) in [6.07, 6.45) is 1.73. The number of aryl methyl sites for hydroxylation is 1. The second kappa shape index (κ2) is 5.72. The quantitative estimate of drug-likeness (QED) is 0.845. The van der Waals surface area contributed by atoms with E-state index in [0.717, 1.165) is 34.1 Å². The third kappa shape index (κ3) is 3.39. The maximum absolute atomic E-state index is 9.01. The Morgan fingerprint density at radius 3 is 2.75 bits per heavy atom. The molecule has 0 bridgehead atoms. The van der Waals surface area contributed by atoms with Crippen molar-refractivity contribution in [1.29, 1.82) is 5.26 Å². The van der Waals surface area contributed by atoms with Gasteiger partial charge in [0.1, 0.15) is 0 Å². The number of hydrogen-bond acceptors (Lipinski definition) is 2. The number of nitrogens with zero attached hydrogens (tertiary/aromatic N) is 2. The number of halogens is 1. The molecular weight excluding hydrogens is 264 g/mol. The maximum Gasteiger partial charge on any atom is 0.0994 e. The number of nitriles is 1. The lowest BCUT2D eigenvalue weighted by molar-refractivity contribution is 0.489. The summed E-state index contributed by atoms with van der Waals surface area (Å²) in [6.45, 7) is 3.98. The SMILES string of the molecule is C=C(CCc1ccc(Br)cc1C#N)N(C)C. The van der Waals surface area contributed by atoms with E-state index < -0.39 is 0 Å². The lowest BCUT2D eigenvalue weighted by Gasteiger charge is -2.15. The topological polar surface area (TPSA) is 27.0 Å². The van der Waals surface area contributed by atoms with E-state index >= 15 is 0 Å². The maximum atomic E-state index is 9.01. The van der Waals surface area contributed by atoms with Crippen molar-refractivity contribution in [3.8, 4) is 6.07 Å². The molecule has 0 spiro atoms. The fourth-order valence-corrected chi connectivity index (χ4v) is 1.73. The Morgan fingerprint density at radius 1 is 1.50 bits per heavy atom. The Hall–Kier alpha value is -1.27. The predicted octanol–water partition coefficient (Wildman–Crippen LogP) is 3.33. The molecule has 0 saturated carbocycles. The van der Waals surface area contributed by atoms with Gasteiger partial charge in [-0.25, -0.2) is 0 Å². The molecule has 0 radical (unpaired) electrons.